The van der Waals surface area contributed by atoms with Gasteiger partial charge >= 0.3 is 5.97 Å². The Hall–Kier alpha value is -1.55. The second kappa shape index (κ2) is 5.19. The number of hydrogen-bond acceptors (Lipinski definition) is 1. The lowest BCUT2D eigenvalue weighted by Gasteiger charge is -2.17. The molecule has 2 rings (SSSR count). The number of nitrogens with zero attached hydrogens (tertiary/aromatic N) is 1. The SMILES string of the molecule is O=C(O)C[C@@H](c1ccc(Br)cc1)n1cccc1. The van der Waals surface area contributed by atoms with Gasteiger partial charge in [0.05, 0.1) is 12.5 Å². The quantitative estimate of drug-likeness (QED) is 0.940. The molecule has 17 heavy (non-hydrogen) atoms. The average molecular weight is 294 g/mol. The Morgan fingerprint density at radius 2 is 1.82 bits per heavy atom. The summed E-state index contributed by atoms with van der Waals surface area (Å²) < 4.78 is 2.90. The van der Waals surface area contributed by atoms with Gasteiger partial charge in [-0.15, -0.1) is 0 Å². The van der Waals surface area contributed by atoms with Crippen molar-refractivity contribution in [1.29, 1.82) is 0 Å². The molecule has 2 aromatic rings. The fourth-order valence-corrected chi connectivity index (χ4v) is 2.07. The third-order valence-corrected chi connectivity index (χ3v) is 3.14. The molecule has 0 aliphatic rings. The molecule has 1 heterocycles. The zero-order valence-electron chi connectivity index (χ0n) is 9.08. The third kappa shape index (κ3) is 2.97. The molecule has 1 atom stereocenters. The van der Waals surface area contributed by atoms with E-state index in [1.54, 1.807) is 0 Å². The molecule has 1 N–H and O–H groups in total. The molecule has 0 aliphatic heterocycles. The van der Waals surface area contributed by atoms with Crippen LogP contribution in [-0.4, -0.2) is 15.6 Å². The minimum absolute atomic E-state index is 0.0797. The summed E-state index contributed by atoms with van der Waals surface area (Å²) in [4.78, 5) is 10.9. The van der Waals surface area contributed by atoms with Crippen molar-refractivity contribution in [2.24, 2.45) is 0 Å². The van der Waals surface area contributed by atoms with Crippen molar-refractivity contribution in [1.82, 2.24) is 4.57 Å². The topological polar surface area (TPSA) is 42.2 Å². The fourth-order valence-electron chi connectivity index (χ4n) is 1.80. The van der Waals surface area contributed by atoms with Gasteiger partial charge < -0.3 is 9.67 Å². The van der Waals surface area contributed by atoms with Gasteiger partial charge in [-0.2, -0.15) is 0 Å². The maximum atomic E-state index is 10.9. The second-order valence-electron chi connectivity index (χ2n) is 3.80. The van der Waals surface area contributed by atoms with Crippen LogP contribution in [0.5, 0.6) is 0 Å². The summed E-state index contributed by atoms with van der Waals surface area (Å²) in [6, 6.07) is 11.4. The van der Waals surface area contributed by atoms with Crippen LogP contribution in [0.4, 0.5) is 0 Å². The van der Waals surface area contributed by atoms with Crippen molar-refractivity contribution in [3.8, 4) is 0 Å². The summed E-state index contributed by atoms with van der Waals surface area (Å²) in [5.74, 6) is -0.799. The van der Waals surface area contributed by atoms with Gasteiger partial charge in [0, 0.05) is 16.9 Å². The highest BCUT2D eigenvalue weighted by Gasteiger charge is 2.16. The summed E-state index contributed by atoms with van der Waals surface area (Å²) in [6.07, 6.45) is 3.85. The first kappa shape index (κ1) is 11.9. The lowest BCUT2D eigenvalue weighted by molar-refractivity contribution is -0.137. The van der Waals surface area contributed by atoms with Gasteiger partial charge in [0.1, 0.15) is 0 Å². The van der Waals surface area contributed by atoms with Crippen molar-refractivity contribution in [2.45, 2.75) is 12.5 Å². The standard InChI is InChI=1S/C13H12BrNO2/c14-11-5-3-10(4-6-11)12(9-13(16)17)15-7-1-2-8-15/h1-8,12H,9H2,(H,16,17)/t12-/m0/s1. The molecule has 0 radical (unpaired) electrons. The first-order chi connectivity index (χ1) is 8.16. The molecule has 0 fully saturated rings. The summed E-state index contributed by atoms with van der Waals surface area (Å²) >= 11 is 3.37. The van der Waals surface area contributed by atoms with Gasteiger partial charge in [0.2, 0.25) is 0 Å². The van der Waals surface area contributed by atoms with E-state index in [4.69, 9.17) is 5.11 Å². The Balaban J connectivity index is 2.33. The zero-order valence-corrected chi connectivity index (χ0v) is 10.7. The van der Waals surface area contributed by atoms with E-state index < -0.39 is 5.97 Å². The molecule has 0 unspecified atom stereocenters. The van der Waals surface area contributed by atoms with Crippen LogP contribution in [0.3, 0.4) is 0 Å². The first-order valence-electron chi connectivity index (χ1n) is 5.26. The lowest BCUT2D eigenvalue weighted by Crippen LogP contribution is -2.13. The number of carboxylic acid groups (broad SMARTS) is 1. The molecular formula is C13H12BrNO2. The van der Waals surface area contributed by atoms with E-state index in [-0.39, 0.29) is 12.5 Å². The number of halogens is 1. The van der Waals surface area contributed by atoms with Gasteiger partial charge in [-0.1, -0.05) is 28.1 Å². The van der Waals surface area contributed by atoms with Crippen LogP contribution in [0, 0.1) is 0 Å². The number of aliphatic carboxylic acids is 1. The minimum Gasteiger partial charge on any atom is -0.481 e. The Morgan fingerprint density at radius 3 is 2.35 bits per heavy atom. The molecule has 4 heteroatoms. The molecule has 88 valence electrons. The molecule has 0 amide bonds. The van der Waals surface area contributed by atoms with Gasteiger partial charge in [-0.25, -0.2) is 0 Å². The van der Waals surface area contributed by atoms with Gasteiger partial charge in [-0.3, -0.25) is 4.79 Å². The van der Waals surface area contributed by atoms with Crippen LogP contribution in [0.1, 0.15) is 18.0 Å². The summed E-state index contributed by atoms with van der Waals surface area (Å²) in [5, 5.41) is 8.98. The molecule has 0 aliphatic carbocycles. The fraction of sp³-hybridized carbons (Fsp3) is 0.154. The molecule has 1 aromatic carbocycles. The Bertz CT molecular complexity index is 491. The van der Waals surface area contributed by atoms with Crippen LogP contribution in [0.15, 0.2) is 53.3 Å². The van der Waals surface area contributed by atoms with Crippen molar-refractivity contribution in [3.05, 3.63) is 58.8 Å². The van der Waals surface area contributed by atoms with Gasteiger partial charge in [-0.05, 0) is 29.8 Å². The maximum Gasteiger partial charge on any atom is 0.305 e. The number of hydrogen-bond donors (Lipinski definition) is 1. The first-order valence-corrected chi connectivity index (χ1v) is 6.06. The number of carboxylic acids is 1. The number of benzene rings is 1. The zero-order chi connectivity index (χ0) is 12.3. The Morgan fingerprint density at radius 1 is 1.24 bits per heavy atom. The van der Waals surface area contributed by atoms with E-state index >= 15 is 0 Å². The van der Waals surface area contributed by atoms with E-state index in [0.29, 0.717) is 0 Å². The van der Waals surface area contributed by atoms with E-state index in [9.17, 15) is 4.79 Å². The highest BCUT2D eigenvalue weighted by Crippen LogP contribution is 2.23. The van der Waals surface area contributed by atoms with Crippen LogP contribution < -0.4 is 0 Å². The van der Waals surface area contributed by atoms with Gasteiger partial charge in [0.25, 0.3) is 0 Å². The van der Waals surface area contributed by atoms with Gasteiger partial charge in [0.15, 0.2) is 0 Å². The third-order valence-electron chi connectivity index (χ3n) is 2.61. The van der Waals surface area contributed by atoms with Crippen molar-refractivity contribution in [3.63, 3.8) is 0 Å². The highest BCUT2D eigenvalue weighted by atomic mass is 79.9. The molecular weight excluding hydrogens is 282 g/mol. The highest BCUT2D eigenvalue weighted by molar-refractivity contribution is 9.10. The van der Waals surface area contributed by atoms with Crippen LogP contribution in [0.25, 0.3) is 0 Å². The number of carbonyl (C=O) groups is 1. The largest absolute Gasteiger partial charge is 0.481 e. The minimum atomic E-state index is -0.799. The summed E-state index contributed by atoms with van der Waals surface area (Å²) in [7, 11) is 0. The molecule has 3 nitrogen and oxygen atoms in total. The van der Waals surface area contributed by atoms with E-state index in [1.165, 1.54) is 0 Å². The monoisotopic (exact) mass is 293 g/mol. The maximum absolute atomic E-state index is 10.9. The predicted octanol–water partition coefficient (Wildman–Crippen LogP) is 3.31. The van der Waals surface area contributed by atoms with E-state index in [2.05, 4.69) is 15.9 Å². The average Bonchev–Trinajstić information content (AvgIpc) is 2.80. The van der Waals surface area contributed by atoms with Crippen molar-refractivity contribution < 1.29 is 9.90 Å². The smallest absolute Gasteiger partial charge is 0.305 e. The lowest BCUT2D eigenvalue weighted by atomic mass is 10.0. The normalized spacial score (nSPS) is 12.3. The molecule has 1 aromatic heterocycles. The Kier molecular flexibility index (Phi) is 3.64. The van der Waals surface area contributed by atoms with Crippen LogP contribution in [-0.2, 0) is 4.79 Å². The molecule has 0 saturated carbocycles. The van der Waals surface area contributed by atoms with E-state index in [1.807, 2.05) is 53.4 Å². The van der Waals surface area contributed by atoms with Crippen molar-refractivity contribution in [2.75, 3.05) is 0 Å². The van der Waals surface area contributed by atoms with Crippen LogP contribution in [0.2, 0.25) is 0 Å². The molecule has 0 saturated heterocycles. The summed E-state index contributed by atoms with van der Waals surface area (Å²) in [6.45, 7) is 0. The second-order valence-corrected chi connectivity index (χ2v) is 4.71. The van der Waals surface area contributed by atoms with Crippen LogP contribution >= 0.6 is 15.9 Å². The molecule has 0 spiro atoms. The van der Waals surface area contributed by atoms with Crippen molar-refractivity contribution >= 4 is 21.9 Å². The predicted molar refractivity (Wildman–Crippen MR) is 69.0 cm³/mol. The number of aromatic nitrogens is 1. The number of rotatable bonds is 4. The molecule has 0 bridgehead atoms. The Labute approximate surface area is 108 Å². The summed E-state index contributed by atoms with van der Waals surface area (Å²) in [5.41, 5.74) is 0.992. The van der Waals surface area contributed by atoms with E-state index in [0.717, 1.165) is 10.0 Å².